The van der Waals surface area contributed by atoms with Gasteiger partial charge in [-0.1, -0.05) is 51.2 Å². The number of carbonyl (C=O) groups excluding carboxylic acids is 1. The predicted molar refractivity (Wildman–Crippen MR) is 141 cm³/mol. The minimum atomic E-state index is -0.0496. The molecule has 0 radical (unpaired) electrons. The van der Waals surface area contributed by atoms with Gasteiger partial charge < -0.3 is 0 Å². The van der Waals surface area contributed by atoms with Crippen LogP contribution in [0.4, 0.5) is 0 Å². The second-order valence-electron chi connectivity index (χ2n) is 8.47. The van der Waals surface area contributed by atoms with Gasteiger partial charge in [-0.2, -0.15) is 0 Å². The maximum atomic E-state index is 12.6. The zero-order valence-electron chi connectivity index (χ0n) is 18.4. The van der Waals surface area contributed by atoms with Gasteiger partial charge in [-0.25, -0.2) is 5.43 Å². The van der Waals surface area contributed by atoms with Crippen molar-refractivity contribution >= 4 is 70.3 Å². The molecule has 164 valence electrons. The summed E-state index contributed by atoms with van der Waals surface area (Å²) in [5, 5.41) is 9.57. The van der Waals surface area contributed by atoms with Crippen LogP contribution in [0.2, 0.25) is 0 Å². The molecule has 3 aromatic carbocycles. The molecule has 0 spiro atoms. The molecule has 32 heavy (non-hydrogen) atoms. The van der Waals surface area contributed by atoms with Crippen molar-refractivity contribution in [3.63, 3.8) is 0 Å². The molecule has 0 fully saturated rings. The highest BCUT2D eigenvalue weighted by molar-refractivity contribution is 7.21. The summed E-state index contributed by atoms with van der Waals surface area (Å²) in [6, 6.07) is 17.6. The summed E-state index contributed by atoms with van der Waals surface area (Å²) < 4.78 is 2.46. The van der Waals surface area contributed by atoms with Crippen molar-refractivity contribution < 1.29 is 4.79 Å². The van der Waals surface area contributed by atoms with Crippen LogP contribution in [0.15, 0.2) is 53.9 Å². The van der Waals surface area contributed by atoms with Crippen LogP contribution >= 0.6 is 22.7 Å². The number of nitrogens with one attached hydrogen (secondary N) is 2. The number of thiophene rings is 2. The molecule has 5 heteroatoms. The predicted octanol–water partition coefficient (Wildman–Crippen LogP) is 8.02. The average molecular weight is 461 g/mol. The fourth-order valence-electron chi connectivity index (χ4n) is 4.36. The molecular weight excluding hydrogens is 432 g/mol. The second kappa shape index (κ2) is 9.57. The molecule has 2 aromatic heterocycles. The summed E-state index contributed by atoms with van der Waals surface area (Å²) in [6.45, 7) is 3.05. The molecule has 2 N–H and O–H groups in total. The maximum absolute atomic E-state index is 12.6. The second-order valence-corrected chi connectivity index (χ2v) is 10.5. The highest BCUT2D eigenvalue weighted by Gasteiger charge is 2.12. The summed E-state index contributed by atoms with van der Waals surface area (Å²) in [5.41, 5.74) is 5.97. The van der Waals surface area contributed by atoms with Crippen molar-refractivity contribution in [1.29, 1.82) is 0 Å². The Morgan fingerprint density at radius 2 is 1.50 bits per heavy atom. The van der Waals surface area contributed by atoms with Gasteiger partial charge in [0.15, 0.2) is 0 Å². The average Bonchev–Trinajstić information content (AvgIpc) is 3.44. The molecule has 5 aromatic rings. The van der Waals surface area contributed by atoms with Gasteiger partial charge in [0.25, 0.3) is 5.91 Å². The summed E-state index contributed by atoms with van der Waals surface area (Å²) in [5.74, 6) is -0.0496. The van der Waals surface area contributed by atoms with Gasteiger partial charge in [0.05, 0.1) is 4.88 Å². The summed E-state index contributed by atoms with van der Waals surface area (Å²) >= 11 is 3.34. The molecule has 0 aliphatic heterocycles. The molecule has 0 aliphatic carbocycles. The largest absolute Gasteiger partial charge is 0.287 e. The first-order chi connectivity index (χ1) is 15.7. The number of fused-ring (bicyclic) bond motifs is 5. The van der Waals surface area contributed by atoms with Gasteiger partial charge >= 0.3 is 0 Å². The lowest BCUT2D eigenvalue weighted by Crippen LogP contribution is -2.37. The lowest BCUT2D eigenvalue weighted by atomic mass is 10.00. The highest BCUT2D eigenvalue weighted by atomic mass is 32.1. The molecule has 0 bridgehead atoms. The van der Waals surface area contributed by atoms with Crippen LogP contribution in [-0.2, 0) is 0 Å². The molecule has 1 amide bonds. The first-order valence-electron chi connectivity index (χ1n) is 11.5. The monoisotopic (exact) mass is 460 g/mol. The van der Waals surface area contributed by atoms with Crippen molar-refractivity contribution in [3.05, 3.63) is 58.8 Å². The van der Waals surface area contributed by atoms with E-state index in [9.17, 15) is 4.79 Å². The Hall–Kier alpha value is -2.47. The molecule has 0 atom stereocenters. The first-order valence-corrected chi connectivity index (χ1v) is 13.2. The van der Waals surface area contributed by atoms with Crippen LogP contribution in [0, 0.1) is 0 Å². The molecule has 0 aliphatic rings. The summed E-state index contributed by atoms with van der Waals surface area (Å²) in [4.78, 5) is 13.4. The lowest BCUT2D eigenvalue weighted by Gasteiger charge is -2.05. The Bertz CT molecular complexity index is 1400. The van der Waals surface area contributed by atoms with Gasteiger partial charge in [0.1, 0.15) is 0 Å². The first kappa shape index (κ1) is 21.4. The Morgan fingerprint density at radius 1 is 0.781 bits per heavy atom. The molecule has 2 heterocycles. The molecule has 0 unspecified atom stereocenters. The van der Waals surface area contributed by atoms with Gasteiger partial charge in [-0.15, -0.1) is 22.7 Å². The van der Waals surface area contributed by atoms with E-state index in [-0.39, 0.29) is 5.91 Å². The van der Waals surface area contributed by atoms with Crippen molar-refractivity contribution in [1.82, 2.24) is 10.9 Å². The third-order valence-corrected chi connectivity index (χ3v) is 8.10. The van der Waals surface area contributed by atoms with E-state index in [2.05, 4.69) is 65.6 Å². The van der Waals surface area contributed by atoms with Gasteiger partial charge in [-0.3, -0.25) is 10.2 Å². The number of hydrogen-bond donors (Lipinski definition) is 2. The van der Waals surface area contributed by atoms with Crippen LogP contribution in [0.3, 0.4) is 0 Å². The van der Waals surface area contributed by atoms with E-state index in [4.69, 9.17) is 0 Å². The number of hydrogen-bond acceptors (Lipinski definition) is 4. The van der Waals surface area contributed by atoms with E-state index in [0.29, 0.717) is 0 Å². The van der Waals surface area contributed by atoms with Crippen LogP contribution in [0.1, 0.15) is 55.1 Å². The number of unbranched alkanes of at least 4 members (excludes halogenated alkanes) is 5. The van der Waals surface area contributed by atoms with Gasteiger partial charge in [0, 0.05) is 15.9 Å². The van der Waals surface area contributed by atoms with E-state index in [1.165, 1.54) is 63.7 Å². The molecule has 5 rings (SSSR count). The van der Waals surface area contributed by atoms with Crippen molar-refractivity contribution in [2.24, 2.45) is 0 Å². The highest BCUT2D eigenvalue weighted by Crippen LogP contribution is 2.36. The zero-order valence-corrected chi connectivity index (χ0v) is 20.0. The summed E-state index contributed by atoms with van der Waals surface area (Å²) in [7, 11) is 0. The Balaban J connectivity index is 1.32. The number of amides is 1. The maximum Gasteiger partial charge on any atom is 0.275 e. The van der Waals surface area contributed by atoms with Crippen LogP contribution < -0.4 is 10.9 Å². The van der Waals surface area contributed by atoms with E-state index >= 15 is 0 Å². The minimum Gasteiger partial charge on any atom is -0.287 e. The topological polar surface area (TPSA) is 41.1 Å². The SMILES string of the molecule is CCCCCCCCNNC(=O)c1cc2cc3ccc4cc5ccsc5cc4c3cc2s1. The Kier molecular flexibility index (Phi) is 6.39. The van der Waals surface area contributed by atoms with E-state index in [1.807, 2.05) is 6.07 Å². The molecule has 0 saturated heterocycles. The summed E-state index contributed by atoms with van der Waals surface area (Å²) in [6.07, 6.45) is 7.48. The van der Waals surface area contributed by atoms with Crippen LogP contribution in [0.25, 0.3) is 41.7 Å². The zero-order chi connectivity index (χ0) is 21.9. The standard InChI is InChI=1S/C27H28N2OS2/c1-2-3-4-5-6-7-11-28-29-27(30)26-15-21-14-19-9-8-18-13-20-10-12-31-24(20)16-22(18)23(19)17-25(21)32-26/h8-10,12-17,28H,2-7,11H2,1H3,(H,29,30). The smallest absolute Gasteiger partial charge is 0.275 e. The number of benzene rings is 3. The number of carbonyl (C=O) groups is 1. The van der Waals surface area contributed by atoms with Crippen molar-refractivity contribution in [2.75, 3.05) is 6.54 Å². The Morgan fingerprint density at radius 3 is 2.31 bits per heavy atom. The van der Waals surface area contributed by atoms with E-state index < -0.39 is 0 Å². The molecule has 0 saturated carbocycles. The third-order valence-electron chi connectivity index (χ3n) is 6.13. The minimum absolute atomic E-state index is 0.0496. The normalized spacial score (nSPS) is 11.8. The van der Waals surface area contributed by atoms with Gasteiger partial charge in [0.2, 0.25) is 0 Å². The third kappa shape index (κ3) is 4.38. The fraction of sp³-hybridized carbons (Fsp3) is 0.296. The van der Waals surface area contributed by atoms with Crippen molar-refractivity contribution in [3.8, 4) is 0 Å². The van der Waals surface area contributed by atoms with E-state index in [0.717, 1.165) is 27.9 Å². The van der Waals surface area contributed by atoms with Crippen LogP contribution in [0.5, 0.6) is 0 Å². The lowest BCUT2D eigenvalue weighted by molar-refractivity contribution is 0.0937. The molecule has 3 nitrogen and oxygen atoms in total. The van der Waals surface area contributed by atoms with Gasteiger partial charge in [-0.05, 0) is 80.5 Å². The van der Waals surface area contributed by atoms with Crippen LogP contribution in [-0.4, -0.2) is 12.5 Å². The quantitative estimate of drug-likeness (QED) is 0.133. The number of hydrazine groups is 1. The van der Waals surface area contributed by atoms with Crippen molar-refractivity contribution in [2.45, 2.75) is 45.4 Å². The molecular formula is C27H28N2OS2. The Labute approximate surface area is 196 Å². The fourth-order valence-corrected chi connectivity index (χ4v) is 6.15. The number of rotatable bonds is 9. The van der Waals surface area contributed by atoms with E-state index in [1.54, 1.807) is 22.7 Å².